The molecule has 0 aliphatic heterocycles. The lowest BCUT2D eigenvalue weighted by molar-refractivity contribution is -0.402. The van der Waals surface area contributed by atoms with Crippen LogP contribution in [0.1, 0.15) is 11.8 Å². The minimum atomic E-state index is -4.67. The molecule has 0 fully saturated rings. The van der Waals surface area contributed by atoms with Gasteiger partial charge < -0.3 is 10.2 Å². The van der Waals surface area contributed by atoms with Gasteiger partial charge in [0.25, 0.3) is 0 Å². The number of hydrogen-bond acceptors (Lipinski definition) is 4. The van der Waals surface area contributed by atoms with E-state index in [0.29, 0.717) is 0 Å². The summed E-state index contributed by atoms with van der Waals surface area (Å²) in [5.41, 5.74) is 4.74. The number of rotatable bonds is 2. The molecule has 0 radical (unpaired) electrons. The highest BCUT2D eigenvalue weighted by Crippen LogP contribution is 2.32. The second-order valence-corrected chi connectivity index (χ2v) is 2.45. The third-order valence-electron chi connectivity index (χ3n) is 1.45. The van der Waals surface area contributed by atoms with Crippen LogP contribution in [0.3, 0.4) is 0 Å². The molecule has 14 heavy (non-hydrogen) atoms. The lowest BCUT2D eigenvalue weighted by atomic mass is 10.2. The summed E-state index contributed by atoms with van der Waals surface area (Å²) in [5, 5.41) is 10.1. The van der Waals surface area contributed by atoms with Crippen LogP contribution in [0.5, 0.6) is 0 Å². The Bertz CT molecular complexity index is 346. The molecule has 2 N–H and O–H groups in total. The van der Waals surface area contributed by atoms with Crippen LogP contribution in [-0.2, 0) is 0 Å². The zero-order chi connectivity index (χ0) is 10.9. The van der Waals surface area contributed by atoms with Crippen molar-refractivity contribution in [2.24, 2.45) is 5.73 Å². The fourth-order valence-electron chi connectivity index (χ4n) is 0.769. The number of nitro groups is 1. The second-order valence-electron chi connectivity index (χ2n) is 2.45. The van der Waals surface area contributed by atoms with Gasteiger partial charge in [-0.25, -0.2) is 0 Å². The number of nitrogens with zero attached hydrogens (tertiary/aromatic N) is 1. The van der Waals surface area contributed by atoms with Crippen molar-refractivity contribution in [2.75, 3.05) is 0 Å². The third-order valence-corrected chi connectivity index (χ3v) is 1.45. The Kier molecular flexibility index (Phi) is 2.47. The first kappa shape index (κ1) is 10.5. The van der Waals surface area contributed by atoms with E-state index in [0.717, 1.165) is 12.1 Å². The maximum atomic E-state index is 12.0. The molecule has 0 amide bonds. The minimum absolute atomic E-state index is 0.677. The lowest BCUT2D eigenvalue weighted by Crippen LogP contribution is -2.27. The highest BCUT2D eigenvalue weighted by Gasteiger charge is 2.40. The van der Waals surface area contributed by atoms with E-state index in [4.69, 9.17) is 5.73 Å². The van der Waals surface area contributed by atoms with Crippen LogP contribution < -0.4 is 5.73 Å². The average molecular weight is 210 g/mol. The molecular formula is C6H5F3N2O3. The Morgan fingerprint density at radius 1 is 1.50 bits per heavy atom. The molecule has 1 rings (SSSR count). The summed E-state index contributed by atoms with van der Waals surface area (Å²) in [4.78, 5) is 9.14. The van der Waals surface area contributed by atoms with Gasteiger partial charge in [-0.1, -0.05) is 0 Å². The van der Waals surface area contributed by atoms with Crippen LogP contribution in [0.4, 0.5) is 19.1 Å². The third kappa shape index (κ3) is 2.02. The van der Waals surface area contributed by atoms with Crippen LogP contribution in [0.2, 0.25) is 0 Å². The first-order valence-corrected chi connectivity index (χ1v) is 3.39. The van der Waals surface area contributed by atoms with Gasteiger partial charge in [0.2, 0.25) is 0 Å². The summed E-state index contributed by atoms with van der Waals surface area (Å²) in [6.07, 6.45) is -4.67. The molecule has 0 saturated carbocycles. The molecule has 0 bridgehead atoms. The molecule has 0 aliphatic rings. The van der Waals surface area contributed by atoms with Crippen molar-refractivity contribution in [2.45, 2.75) is 12.2 Å². The largest absolute Gasteiger partial charge is 0.433 e. The lowest BCUT2D eigenvalue weighted by Gasteiger charge is -2.11. The van der Waals surface area contributed by atoms with Gasteiger partial charge >= 0.3 is 12.1 Å². The van der Waals surface area contributed by atoms with E-state index in [-0.39, 0.29) is 0 Å². The summed E-state index contributed by atoms with van der Waals surface area (Å²) >= 11 is 0. The topological polar surface area (TPSA) is 82.3 Å². The zero-order valence-electron chi connectivity index (χ0n) is 6.62. The van der Waals surface area contributed by atoms with Crippen molar-refractivity contribution in [3.05, 3.63) is 28.0 Å². The molecule has 0 saturated heterocycles. The van der Waals surface area contributed by atoms with Gasteiger partial charge in [-0.2, -0.15) is 13.2 Å². The van der Waals surface area contributed by atoms with Gasteiger partial charge in [0.1, 0.15) is 10.7 Å². The number of alkyl halides is 3. The van der Waals surface area contributed by atoms with E-state index >= 15 is 0 Å². The van der Waals surface area contributed by atoms with Gasteiger partial charge in [0.05, 0.1) is 6.07 Å². The highest BCUT2D eigenvalue weighted by molar-refractivity contribution is 5.20. The summed E-state index contributed by atoms with van der Waals surface area (Å²) in [7, 11) is 0. The van der Waals surface area contributed by atoms with Gasteiger partial charge in [0, 0.05) is 0 Å². The molecule has 0 aliphatic carbocycles. The van der Waals surface area contributed by atoms with Gasteiger partial charge in [-0.05, 0) is 6.07 Å². The van der Waals surface area contributed by atoms with Gasteiger partial charge in [0.15, 0.2) is 6.04 Å². The summed E-state index contributed by atoms with van der Waals surface area (Å²) < 4.78 is 40.3. The minimum Gasteiger partial charge on any atom is -0.404 e. The monoisotopic (exact) mass is 210 g/mol. The Morgan fingerprint density at radius 3 is 2.43 bits per heavy atom. The maximum absolute atomic E-state index is 12.0. The molecule has 0 unspecified atom stereocenters. The van der Waals surface area contributed by atoms with Crippen LogP contribution in [0.15, 0.2) is 16.5 Å². The van der Waals surface area contributed by atoms with Crippen molar-refractivity contribution in [1.82, 2.24) is 0 Å². The molecule has 1 atom stereocenters. The molecular weight excluding hydrogens is 205 g/mol. The molecule has 1 aromatic heterocycles. The molecule has 0 spiro atoms. The van der Waals surface area contributed by atoms with E-state index in [9.17, 15) is 23.3 Å². The van der Waals surface area contributed by atoms with Gasteiger partial charge in [-0.3, -0.25) is 10.1 Å². The zero-order valence-corrected chi connectivity index (χ0v) is 6.62. The van der Waals surface area contributed by atoms with E-state index in [1.807, 2.05) is 0 Å². The molecule has 8 heteroatoms. The molecule has 78 valence electrons. The van der Waals surface area contributed by atoms with E-state index in [1.165, 1.54) is 0 Å². The van der Waals surface area contributed by atoms with Crippen molar-refractivity contribution >= 4 is 5.88 Å². The van der Waals surface area contributed by atoms with Crippen LogP contribution in [-0.4, -0.2) is 11.1 Å². The van der Waals surface area contributed by atoms with Crippen molar-refractivity contribution < 1.29 is 22.5 Å². The fraction of sp³-hybridized carbons (Fsp3) is 0.333. The highest BCUT2D eigenvalue weighted by atomic mass is 19.4. The van der Waals surface area contributed by atoms with Crippen molar-refractivity contribution in [3.8, 4) is 0 Å². The second kappa shape index (κ2) is 3.29. The Hall–Kier alpha value is -1.57. The summed E-state index contributed by atoms with van der Waals surface area (Å²) in [6, 6.07) is -0.687. The summed E-state index contributed by atoms with van der Waals surface area (Å²) in [5.74, 6) is -1.44. The van der Waals surface area contributed by atoms with E-state index < -0.39 is 28.8 Å². The number of nitrogens with two attached hydrogens (primary N) is 1. The van der Waals surface area contributed by atoms with Crippen LogP contribution in [0, 0.1) is 10.1 Å². The first-order chi connectivity index (χ1) is 6.32. The molecule has 0 aromatic carbocycles. The molecule has 1 aromatic rings. The fourth-order valence-corrected chi connectivity index (χ4v) is 0.769. The van der Waals surface area contributed by atoms with E-state index in [2.05, 4.69) is 4.42 Å². The first-order valence-electron chi connectivity index (χ1n) is 3.39. The quantitative estimate of drug-likeness (QED) is 0.595. The van der Waals surface area contributed by atoms with Gasteiger partial charge in [-0.15, -0.1) is 0 Å². The van der Waals surface area contributed by atoms with Crippen molar-refractivity contribution in [3.63, 3.8) is 0 Å². The number of hydrogen-bond donors (Lipinski definition) is 1. The number of halogens is 3. The summed E-state index contributed by atoms with van der Waals surface area (Å²) in [6.45, 7) is 0. The van der Waals surface area contributed by atoms with E-state index in [1.54, 1.807) is 0 Å². The smallest absolute Gasteiger partial charge is 0.404 e. The van der Waals surface area contributed by atoms with Crippen LogP contribution in [0.25, 0.3) is 0 Å². The maximum Gasteiger partial charge on any atom is 0.433 e. The average Bonchev–Trinajstić information content (AvgIpc) is 2.48. The molecule has 1 heterocycles. The van der Waals surface area contributed by atoms with Crippen LogP contribution >= 0.6 is 0 Å². The van der Waals surface area contributed by atoms with Crippen molar-refractivity contribution in [1.29, 1.82) is 0 Å². The SMILES string of the molecule is N[C@@H](c1ccc([N+](=O)[O-])o1)C(F)(F)F. The molecule has 5 nitrogen and oxygen atoms in total. The Labute approximate surface area is 75.4 Å². The predicted octanol–water partition coefficient (Wildman–Crippen LogP) is 1.75. The Morgan fingerprint density at radius 2 is 2.07 bits per heavy atom. The predicted molar refractivity (Wildman–Crippen MR) is 38.3 cm³/mol. The normalized spacial score (nSPS) is 14.0. The Balaban J connectivity index is 2.92. The standard InChI is InChI=1S/C6H5F3N2O3/c7-6(8,9)5(10)3-1-2-4(14-3)11(12)13/h1-2,5H,10H2/t5-/m0/s1. The number of furan rings is 1.